The summed E-state index contributed by atoms with van der Waals surface area (Å²) < 4.78 is -0.307. The molecule has 0 saturated carbocycles. The highest BCUT2D eigenvalue weighted by molar-refractivity contribution is 14.1. The monoisotopic (exact) mass is 388 g/mol. The van der Waals surface area contributed by atoms with Crippen LogP contribution in [0.2, 0.25) is 10.0 Å². The Morgan fingerprint density at radius 1 is 1.35 bits per heavy atom. The Kier molecular flexibility index (Phi) is 5.99. The molecule has 0 aliphatic carbocycles. The standard InChI is InChI=1S/C12H15Cl2IO2/c1-2-3-4-11(15)12(16,17)9-6-5-8(13)7-10(9)14/h5-7,11,16-17H,2-4H2,1H3. The molecular weight excluding hydrogens is 374 g/mol. The van der Waals surface area contributed by atoms with Gasteiger partial charge in [-0.2, -0.15) is 0 Å². The first-order chi connectivity index (χ1) is 7.89. The lowest BCUT2D eigenvalue weighted by atomic mass is 9.99. The lowest BCUT2D eigenvalue weighted by Crippen LogP contribution is -2.35. The number of benzene rings is 1. The van der Waals surface area contributed by atoms with Gasteiger partial charge in [-0.25, -0.2) is 0 Å². The molecule has 0 heterocycles. The van der Waals surface area contributed by atoms with Gasteiger partial charge in [0.25, 0.3) is 0 Å². The summed E-state index contributed by atoms with van der Waals surface area (Å²) in [5, 5.41) is 21.1. The summed E-state index contributed by atoms with van der Waals surface area (Å²) in [7, 11) is 0. The molecule has 0 amide bonds. The third kappa shape index (κ3) is 3.96. The summed E-state index contributed by atoms with van der Waals surface area (Å²) in [6.45, 7) is 2.06. The van der Waals surface area contributed by atoms with E-state index >= 15 is 0 Å². The molecule has 96 valence electrons. The number of alkyl halides is 1. The van der Waals surface area contributed by atoms with Gasteiger partial charge in [0.1, 0.15) is 0 Å². The van der Waals surface area contributed by atoms with E-state index in [9.17, 15) is 10.2 Å². The smallest absolute Gasteiger partial charge is 0.203 e. The van der Waals surface area contributed by atoms with Gasteiger partial charge >= 0.3 is 0 Å². The van der Waals surface area contributed by atoms with Gasteiger partial charge in [-0.1, -0.05) is 71.6 Å². The van der Waals surface area contributed by atoms with Gasteiger partial charge in [0, 0.05) is 10.6 Å². The molecule has 0 fully saturated rings. The molecule has 0 aromatic heterocycles. The number of unbranched alkanes of at least 4 members (excludes halogenated alkanes) is 1. The number of hydrogen-bond acceptors (Lipinski definition) is 2. The largest absolute Gasteiger partial charge is 0.361 e. The minimum absolute atomic E-state index is 0.278. The topological polar surface area (TPSA) is 40.5 Å². The van der Waals surface area contributed by atoms with Crippen LogP contribution >= 0.6 is 45.8 Å². The van der Waals surface area contributed by atoms with Gasteiger partial charge < -0.3 is 10.2 Å². The van der Waals surface area contributed by atoms with E-state index in [1.807, 2.05) is 22.6 Å². The summed E-state index contributed by atoms with van der Waals surface area (Å²) in [4.78, 5) is 0. The molecule has 0 saturated heterocycles. The van der Waals surface area contributed by atoms with E-state index in [1.165, 1.54) is 6.07 Å². The van der Waals surface area contributed by atoms with Crippen LogP contribution in [-0.4, -0.2) is 14.1 Å². The van der Waals surface area contributed by atoms with Crippen LogP contribution in [0.1, 0.15) is 31.7 Å². The Balaban J connectivity index is 2.95. The second-order valence-electron chi connectivity index (χ2n) is 3.96. The van der Waals surface area contributed by atoms with Crippen LogP contribution in [0.15, 0.2) is 18.2 Å². The highest BCUT2D eigenvalue weighted by atomic mass is 127. The minimum Gasteiger partial charge on any atom is -0.361 e. The SMILES string of the molecule is CCCCC(I)C(O)(O)c1ccc(Cl)cc1Cl. The first kappa shape index (κ1) is 15.5. The fourth-order valence-corrected chi connectivity index (χ4v) is 2.86. The zero-order valence-electron chi connectivity index (χ0n) is 9.46. The van der Waals surface area contributed by atoms with E-state index in [0.29, 0.717) is 10.6 Å². The van der Waals surface area contributed by atoms with Gasteiger partial charge in [0.2, 0.25) is 5.79 Å². The predicted molar refractivity (Wildman–Crippen MR) is 79.9 cm³/mol. The highest BCUT2D eigenvalue weighted by Crippen LogP contribution is 2.36. The van der Waals surface area contributed by atoms with Crippen LogP contribution in [0.25, 0.3) is 0 Å². The molecular formula is C12H15Cl2IO2. The second kappa shape index (κ2) is 6.57. The van der Waals surface area contributed by atoms with E-state index in [1.54, 1.807) is 12.1 Å². The maximum absolute atomic E-state index is 10.2. The molecule has 0 spiro atoms. The van der Waals surface area contributed by atoms with Crippen molar-refractivity contribution in [2.45, 2.75) is 35.9 Å². The number of hydrogen-bond donors (Lipinski definition) is 2. The Hall–Kier alpha value is 0.450. The molecule has 1 rings (SSSR count). The fraction of sp³-hybridized carbons (Fsp3) is 0.500. The summed E-state index contributed by atoms with van der Waals surface area (Å²) in [6.07, 6.45) is 2.69. The fourth-order valence-electron chi connectivity index (χ4n) is 1.54. The maximum Gasteiger partial charge on any atom is 0.203 e. The Labute approximate surface area is 125 Å². The van der Waals surface area contributed by atoms with E-state index in [2.05, 4.69) is 6.92 Å². The molecule has 2 N–H and O–H groups in total. The van der Waals surface area contributed by atoms with Crippen molar-refractivity contribution >= 4 is 45.8 Å². The van der Waals surface area contributed by atoms with E-state index in [-0.39, 0.29) is 8.95 Å². The maximum atomic E-state index is 10.2. The van der Waals surface area contributed by atoms with Crippen LogP contribution in [-0.2, 0) is 5.79 Å². The van der Waals surface area contributed by atoms with Gasteiger partial charge in [0.05, 0.1) is 8.95 Å². The quantitative estimate of drug-likeness (QED) is 0.452. The van der Waals surface area contributed by atoms with Crippen molar-refractivity contribution < 1.29 is 10.2 Å². The van der Waals surface area contributed by atoms with Crippen molar-refractivity contribution in [3.63, 3.8) is 0 Å². The van der Waals surface area contributed by atoms with Gasteiger partial charge in [0.15, 0.2) is 0 Å². The molecule has 0 aliphatic rings. The Bertz CT molecular complexity index is 383. The molecule has 1 aromatic carbocycles. The third-order valence-corrected chi connectivity index (χ3v) is 4.61. The molecule has 1 unspecified atom stereocenters. The van der Waals surface area contributed by atoms with Crippen LogP contribution in [0, 0.1) is 0 Å². The van der Waals surface area contributed by atoms with E-state index < -0.39 is 5.79 Å². The summed E-state index contributed by atoms with van der Waals surface area (Å²) in [5.74, 6) is -1.92. The number of rotatable bonds is 5. The van der Waals surface area contributed by atoms with Gasteiger partial charge in [-0.3, -0.25) is 0 Å². The van der Waals surface area contributed by atoms with Crippen LogP contribution in [0.4, 0.5) is 0 Å². The van der Waals surface area contributed by atoms with Crippen molar-refractivity contribution in [2.24, 2.45) is 0 Å². The molecule has 1 aromatic rings. The molecule has 0 aliphatic heterocycles. The van der Waals surface area contributed by atoms with Crippen molar-refractivity contribution in [3.05, 3.63) is 33.8 Å². The minimum atomic E-state index is -1.92. The van der Waals surface area contributed by atoms with Crippen LogP contribution in [0.5, 0.6) is 0 Å². The second-order valence-corrected chi connectivity index (χ2v) is 6.31. The number of aliphatic hydroxyl groups is 2. The van der Waals surface area contributed by atoms with E-state index in [0.717, 1.165) is 19.3 Å². The molecule has 1 atom stereocenters. The van der Waals surface area contributed by atoms with Crippen LogP contribution in [0.3, 0.4) is 0 Å². The lowest BCUT2D eigenvalue weighted by Gasteiger charge is -2.28. The third-order valence-electron chi connectivity index (χ3n) is 2.58. The highest BCUT2D eigenvalue weighted by Gasteiger charge is 2.35. The molecule has 0 bridgehead atoms. The number of halogens is 3. The molecule has 2 nitrogen and oxygen atoms in total. The van der Waals surface area contributed by atoms with Crippen molar-refractivity contribution in [2.75, 3.05) is 0 Å². The van der Waals surface area contributed by atoms with Gasteiger partial charge in [-0.05, 0) is 18.6 Å². The summed E-state index contributed by atoms with van der Waals surface area (Å²) in [5.41, 5.74) is 0.305. The van der Waals surface area contributed by atoms with Crippen molar-refractivity contribution in [3.8, 4) is 0 Å². The van der Waals surface area contributed by atoms with E-state index in [4.69, 9.17) is 23.2 Å². The van der Waals surface area contributed by atoms with Crippen molar-refractivity contribution in [1.82, 2.24) is 0 Å². The normalized spacial score (nSPS) is 13.8. The zero-order chi connectivity index (χ0) is 13.1. The first-order valence-electron chi connectivity index (χ1n) is 5.44. The van der Waals surface area contributed by atoms with Crippen molar-refractivity contribution in [1.29, 1.82) is 0 Å². The van der Waals surface area contributed by atoms with Gasteiger partial charge in [-0.15, -0.1) is 0 Å². The zero-order valence-corrected chi connectivity index (χ0v) is 13.1. The summed E-state index contributed by atoms with van der Waals surface area (Å²) in [6, 6.07) is 4.68. The first-order valence-corrected chi connectivity index (χ1v) is 7.44. The molecule has 0 radical (unpaired) electrons. The predicted octanol–water partition coefficient (Wildman–Crippen LogP) is 4.12. The van der Waals surface area contributed by atoms with Crippen LogP contribution < -0.4 is 0 Å². The Morgan fingerprint density at radius 3 is 2.53 bits per heavy atom. The molecule has 17 heavy (non-hydrogen) atoms. The average molecular weight is 389 g/mol. The molecule has 5 heteroatoms. The average Bonchev–Trinajstić information content (AvgIpc) is 2.25. The lowest BCUT2D eigenvalue weighted by molar-refractivity contribution is -0.166. The Morgan fingerprint density at radius 2 is 2.00 bits per heavy atom. The summed E-state index contributed by atoms with van der Waals surface area (Å²) >= 11 is 13.8.